The maximum atomic E-state index is 6.53. The fraction of sp³-hybridized carbons (Fsp3) is 0.209. The van der Waals surface area contributed by atoms with Gasteiger partial charge in [0.1, 0.15) is 0 Å². The van der Waals surface area contributed by atoms with E-state index in [0.29, 0.717) is 5.92 Å². The zero-order valence-electron chi connectivity index (χ0n) is 28.5. The van der Waals surface area contributed by atoms with Crippen molar-refractivity contribution in [1.82, 2.24) is 9.13 Å². The molecule has 2 aliphatic rings. The SMILES string of the molecule is CC1Cc2c(c3ccc(B4OC(C)(C)C(C)(C)O4)cc3n2-c2ccccc2)-c2c1sc1cc(-n3c4ccccc4c4ccccc43)ccc21. The van der Waals surface area contributed by atoms with Crippen LogP contribution in [0.15, 0.2) is 115 Å². The Morgan fingerprint density at radius 1 is 0.612 bits per heavy atom. The lowest BCUT2D eigenvalue weighted by Gasteiger charge is -2.32. The third-order valence-electron chi connectivity index (χ3n) is 11.4. The highest BCUT2D eigenvalue weighted by Gasteiger charge is 2.51. The van der Waals surface area contributed by atoms with Crippen molar-refractivity contribution in [2.45, 2.75) is 58.2 Å². The molecule has 0 N–H and O–H groups in total. The molecule has 4 heterocycles. The van der Waals surface area contributed by atoms with E-state index in [2.05, 4.69) is 159 Å². The molecule has 0 spiro atoms. The Bertz CT molecular complexity index is 2560. The fourth-order valence-electron chi connectivity index (χ4n) is 8.26. The van der Waals surface area contributed by atoms with E-state index in [-0.39, 0.29) is 0 Å². The van der Waals surface area contributed by atoms with E-state index in [4.69, 9.17) is 9.31 Å². The minimum absolute atomic E-state index is 0.394. The van der Waals surface area contributed by atoms with E-state index < -0.39 is 18.3 Å². The highest BCUT2D eigenvalue weighted by molar-refractivity contribution is 7.19. The molecule has 4 nitrogen and oxygen atoms in total. The summed E-state index contributed by atoms with van der Waals surface area (Å²) in [7, 11) is -0.415. The maximum Gasteiger partial charge on any atom is 0.494 e. The van der Waals surface area contributed by atoms with Gasteiger partial charge in [0.05, 0.1) is 27.8 Å². The number of rotatable bonds is 3. The molecule has 10 rings (SSSR count). The van der Waals surface area contributed by atoms with Gasteiger partial charge in [-0.1, -0.05) is 79.7 Å². The largest absolute Gasteiger partial charge is 0.494 e. The molecular formula is C43H37BN2O2S. The Kier molecular flexibility index (Phi) is 6.11. The van der Waals surface area contributed by atoms with E-state index in [1.165, 1.54) is 75.9 Å². The number of benzene rings is 5. The summed E-state index contributed by atoms with van der Waals surface area (Å²) in [5.74, 6) is 0.394. The molecule has 1 unspecified atom stereocenters. The summed E-state index contributed by atoms with van der Waals surface area (Å²) in [5, 5.41) is 5.18. The molecule has 0 saturated carbocycles. The summed E-state index contributed by atoms with van der Waals surface area (Å²) in [6.07, 6.45) is 0.976. The Labute approximate surface area is 290 Å². The van der Waals surface area contributed by atoms with E-state index in [9.17, 15) is 0 Å². The van der Waals surface area contributed by atoms with Crippen LogP contribution in [0, 0.1) is 0 Å². The van der Waals surface area contributed by atoms with Crippen molar-refractivity contribution in [3.05, 3.63) is 126 Å². The smallest absolute Gasteiger partial charge is 0.399 e. The molecule has 1 aliphatic carbocycles. The first-order valence-electron chi connectivity index (χ1n) is 17.3. The van der Waals surface area contributed by atoms with Crippen molar-refractivity contribution in [2.75, 3.05) is 0 Å². The molecule has 1 fully saturated rings. The number of hydrogen-bond acceptors (Lipinski definition) is 3. The predicted molar refractivity (Wildman–Crippen MR) is 206 cm³/mol. The van der Waals surface area contributed by atoms with Gasteiger partial charge in [0.15, 0.2) is 0 Å². The van der Waals surface area contributed by atoms with Gasteiger partial charge in [-0.25, -0.2) is 0 Å². The Hall–Kier alpha value is -4.62. The molecule has 1 atom stereocenters. The molecule has 1 aliphatic heterocycles. The third-order valence-corrected chi connectivity index (χ3v) is 12.8. The van der Waals surface area contributed by atoms with Crippen molar-refractivity contribution >= 4 is 66.7 Å². The molecule has 1 saturated heterocycles. The number of nitrogens with zero attached hydrogens (tertiary/aromatic N) is 2. The molecule has 3 aromatic heterocycles. The average Bonchev–Trinajstić information content (AvgIpc) is 3.80. The van der Waals surface area contributed by atoms with Gasteiger partial charge in [-0.3, -0.25) is 0 Å². The second-order valence-corrected chi connectivity index (χ2v) is 15.9. The van der Waals surface area contributed by atoms with Crippen LogP contribution in [0.1, 0.15) is 51.1 Å². The summed E-state index contributed by atoms with van der Waals surface area (Å²) in [4.78, 5) is 1.48. The topological polar surface area (TPSA) is 28.3 Å². The number of fused-ring (bicyclic) bond motifs is 10. The highest BCUT2D eigenvalue weighted by Crippen LogP contribution is 2.52. The summed E-state index contributed by atoms with van der Waals surface area (Å²) in [5.41, 5.74) is 10.5. The van der Waals surface area contributed by atoms with Gasteiger partial charge in [0.25, 0.3) is 0 Å². The molecular weight excluding hydrogens is 619 g/mol. The van der Waals surface area contributed by atoms with Gasteiger partial charge in [-0.05, 0) is 88.0 Å². The first-order chi connectivity index (χ1) is 23.7. The molecule has 0 amide bonds. The summed E-state index contributed by atoms with van der Waals surface area (Å²) >= 11 is 1.97. The minimum Gasteiger partial charge on any atom is -0.399 e. The standard InChI is InChI=1S/C43H37BN2O2S/c1-26-23-37-39(32-21-19-27(44-47-42(2,3)43(4,5)48-44)24-36(32)45(37)28-13-7-6-8-14-28)40-33-22-20-29(25-38(33)49-41(26)40)46-34-17-11-9-15-30(34)31-16-10-12-18-35(31)46/h6-22,24-26H,23H2,1-5H3. The Balaban J connectivity index is 1.20. The van der Waals surface area contributed by atoms with Gasteiger partial charge in [0, 0.05) is 59.3 Å². The van der Waals surface area contributed by atoms with Crippen LogP contribution in [0.3, 0.4) is 0 Å². The van der Waals surface area contributed by atoms with Gasteiger partial charge in [-0.2, -0.15) is 0 Å². The summed E-state index contributed by atoms with van der Waals surface area (Å²) < 4.78 is 19.3. The van der Waals surface area contributed by atoms with Crippen LogP contribution >= 0.6 is 11.3 Å². The van der Waals surface area contributed by atoms with Crippen molar-refractivity contribution < 1.29 is 9.31 Å². The van der Waals surface area contributed by atoms with E-state index in [1.807, 2.05) is 11.3 Å². The zero-order chi connectivity index (χ0) is 33.2. The van der Waals surface area contributed by atoms with Crippen LogP contribution in [0.2, 0.25) is 0 Å². The van der Waals surface area contributed by atoms with E-state index in [0.717, 1.165) is 11.9 Å². The van der Waals surface area contributed by atoms with Crippen LogP contribution < -0.4 is 5.46 Å². The van der Waals surface area contributed by atoms with Gasteiger partial charge in [0.2, 0.25) is 0 Å². The molecule has 0 bridgehead atoms. The summed E-state index contributed by atoms with van der Waals surface area (Å²) in [6.45, 7) is 10.9. The number of thiophene rings is 1. The van der Waals surface area contributed by atoms with Crippen LogP contribution in [-0.4, -0.2) is 27.5 Å². The van der Waals surface area contributed by atoms with Crippen LogP contribution in [0.4, 0.5) is 0 Å². The molecule has 240 valence electrons. The lowest BCUT2D eigenvalue weighted by molar-refractivity contribution is 0.00578. The molecule has 0 radical (unpaired) electrons. The van der Waals surface area contributed by atoms with Crippen molar-refractivity contribution in [3.8, 4) is 22.5 Å². The first kappa shape index (κ1) is 29.3. The lowest BCUT2D eigenvalue weighted by Crippen LogP contribution is -2.41. The molecule has 8 aromatic rings. The fourth-order valence-corrected chi connectivity index (χ4v) is 9.55. The van der Waals surface area contributed by atoms with Crippen molar-refractivity contribution in [2.24, 2.45) is 0 Å². The highest BCUT2D eigenvalue weighted by atomic mass is 32.1. The number of hydrogen-bond donors (Lipinski definition) is 0. The Morgan fingerprint density at radius 3 is 1.94 bits per heavy atom. The van der Waals surface area contributed by atoms with Gasteiger partial charge >= 0.3 is 7.12 Å². The van der Waals surface area contributed by atoms with Crippen molar-refractivity contribution in [3.63, 3.8) is 0 Å². The Morgan fingerprint density at radius 2 is 1.24 bits per heavy atom. The van der Waals surface area contributed by atoms with E-state index in [1.54, 1.807) is 0 Å². The van der Waals surface area contributed by atoms with Gasteiger partial charge in [-0.15, -0.1) is 11.3 Å². The summed E-state index contributed by atoms with van der Waals surface area (Å²) in [6, 6.07) is 42.3. The second kappa shape index (κ2) is 10.2. The normalized spacial score (nSPS) is 18.1. The quantitative estimate of drug-likeness (QED) is 0.177. The lowest BCUT2D eigenvalue weighted by atomic mass is 9.78. The third kappa shape index (κ3) is 4.11. The van der Waals surface area contributed by atoms with Gasteiger partial charge < -0.3 is 18.4 Å². The average molecular weight is 657 g/mol. The first-order valence-corrected chi connectivity index (χ1v) is 18.2. The zero-order valence-corrected chi connectivity index (χ0v) is 29.3. The second-order valence-electron chi connectivity index (χ2n) is 14.9. The predicted octanol–water partition coefficient (Wildman–Crippen LogP) is 10.6. The monoisotopic (exact) mass is 656 g/mol. The molecule has 6 heteroatoms. The van der Waals surface area contributed by atoms with Crippen molar-refractivity contribution in [1.29, 1.82) is 0 Å². The number of aromatic nitrogens is 2. The van der Waals surface area contributed by atoms with Crippen LogP contribution in [0.5, 0.6) is 0 Å². The molecule has 49 heavy (non-hydrogen) atoms. The number of para-hydroxylation sites is 3. The minimum atomic E-state index is -0.415. The molecule has 5 aromatic carbocycles. The van der Waals surface area contributed by atoms with Crippen LogP contribution in [-0.2, 0) is 15.7 Å². The van der Waals surface area contributed by atoms with Crippen LogP contribution in [0.25, 0.3) is 65.3 Å². The maximum absolute atomic E-state index is 6.53. The van der Waals surface area contributed by atoms with E-state index >= 15 is 0 Å².